The van der Waals surface area contributed by atoms with Crippen LogP contribution in [0.2, 0.25) is 0 Å². The highest BCUT2D eigenvalue weighted by atomic mass is 16.5. The Labute approximate surface area is 107 Å². The Hall–Kier alpha value is -0.810. The largest absolute Gasteiger partial charge is 0.395 e. The van der Waals surface area contributed by atoms with E-state index in [0.717, 1.165) is 13.0 Å². The van der Waals surface area contributed by atoms with Crippen LogP contribution in [0.25, 0.3) is 0 Å². The number of ether oxygens (including phenoxy) is 1. The molecule has 102 valence electrons. The van der Waals surface area contributed by atoms with Crippen molar-refractivity contribution in [1.29, 1.82) is 0 Å². The maximum absolute atomic E-state index is 12.0. The molecule has 1 heterocycles. The van der Waals surface area contributed by atoms with Gasteiger partial charge in [-0.3, -0.25) is 0 Å². The number of fused-ring (bicyclic) bond motifs is 2. The molecule has 3 fully saturated rings. The Kier molecular flexibility index (Phi) is 2.98. The first-order valence-corrected chi connectivity index (χ1v) is 6.93. The fraction of sp³-hybridized carbons (Fsp3) is 0.923. The predicted molar refractivity (Wildman–Crippen MR) is 66.2 cm³/mol. The minimum Gasteiger partial charge on any atom is -0.395 e. The summed E-state index contributed by atoms with van der Waals surface area (Å²) in [5.41, 5.74) is 0.233. The zero-order valence-corrected chi connectivity index (χ0v) is 10.9. The van der Waals surface area contributed by atoms with Crippen LogP contribution in [0, 0.1) is 11.3 Å². The second-order valence-corrected chi connectivity index (χ2v) is 5.90. The van der Waals surface area contributed by atoms with Crippen molar-refractivity contribution < 1.29 is 14.6 Å². The normalized spacial score (nSPS) is 35.6. The van der Waals surface area contributed by atoms with Crippen LogP contribution in [0.4, 0.5) is 4.79 Å². The summed E-state index contributed by atoms with van der Waals surface area (Å²) >= 11 is 0. The summed E-state index contributed by atoms with van der Waals surface area (Å²) in [5.74, 6) is 0.511. The Morgan fingerprint density at radius 1 is 1.56 bits per heavy atom. The van der Waals surface area contributed by atoms with E-state index in [1.807, 2.05) is 0 Å². The van der Waals surface area contributed by atoms with E-state index >= 15 is 0 Å². The molecule has 0 aromatic rings. The predicted octanol–water partition coefficient (Wildman–Crippen LogP) is 0.578. The van der Waals surface area contributed by atoms with Gasteiger partial charge in [-0.2, -0.15) is 0 Å². The molecular weight excluding hydrogens is 232 g/mol. The lowest BCUT2D eigenvalue weighted by atomic mass is 9.46. The fourth-order valence-corrected chi connectivity index (χ4v) is 3.95. The van der Waals surface area contributed by atoms with Gasteiger partial charge in [0.1, 0.15) is 0 Å². The lowest BCUT2D eigenvalue weighted by molar-refractivity contribution is -0.172. The van der Waals surface area contributed by atoms with E-state index in [9.17, 15) is 4.79 Å². The van der Waals surface area contributed by atoms with E-state index in [4.69, 9.17) is 9.84 Å². The molecule has 1 saturated heterocycles. The molecule has 5 heteroatoms. The lowest BCUT2D eigenvalue weighted by Gasteiger charge is -2.63. The van der Waals surface area contributed by atoms with Crippen LogP contribution in [-0.4, -0.2) is 55.0 Å². The third-order valence-corrected chi connectivity index (χ3v) is 5.10. The fourth-order valence-electron chi connectivity index (χ4n) is 3.95. The average Bonchev–Trinajstić information content (AvgIpc) is 2.69. The molecular formula is C13H22N2O3. The Morgan fingerprint density at radius 2 is 2.33 bits per heavy atom. The van der Waals surface area contributed by atoms with Gasteiger partial charge in [0.15, 0.2) is 0 Å². The zero-order chi connectivity index (χ0) is 12.8. The van der Waals surface area contributed by atoms with Crippen molar-refractivity contribution in [3.05, 3.63) is 0 Å². The Morgan fingerprint density at radius 3 is 2.94 bits per heavy atom. The van der Waals surface area contributed by atoms with Gasteiger partial charge in [-0.05, 0) is 19.3 Å². The molecule has 0 aromatic carbocycles. The topological polar surface area (TPSA) is 61.8 Å². The molecule has 2 amide bonds. The number of carbonyl (C=O) groups is 1. The molecule has 18 heavy (non-hydrogen) atoms. The summed E-state index contributed by atoms with van der Waals surface area (Å²) in [6.45, 7) is 1.24. The van der Waals surface area contributed by atoms with Crippen LogP contribution in [0.5, 0.6) is 0 Å². The van der Waals surface area contributed by atoms with Crippen molar-refractivity contribution in [3.63, 3.8) is 0 Å². The number of urea groups is 1. The summed E-state index contributed by atoms with van der Waals surface area (Å²) in [6.07, 6.45) is 5.08. The van der Waals surface area contributed by atoms with E-state index in [-0.39, 0.29) is 24.1 Å². The number of rotatable bonds is 3. The lowest BCUT2D eigenvalue weighted by Crippen LogP contribution is -2.72. The molecule has 1 aliphatic heterocycles. The van der Waals surface area contributed by atoms with Gasteiger partial charge in [0.25, 0.3) is 0 Å². The molecule has 1 spiro atoms. The molecule has 3 unspecified atom stereocenters. The van der Waals surface area contributed by atoms with Crippen molar-refractivity contribution in [2.45, 2.75) is 37.8 Å². The van der Waals surface area contributed by atoms with Gasteiger partial charge in [0.2, 0.25) is 0 Å². The second-order valence-electron chi connectivity index (χ2n) is 5.90. The quantitative estimate of drug-likeness (QED) is 0.774. The van der Waals surface area contributed by atoms with Gasteiger partial charge < -0.3 is 20.1 Å². The van der Waals surface area contributed by atoms with Gasteiger partial charge in [0.05, 0.1) is 12.7 Å². The summed E-state index contributed by atoms with van der Waals surface area (Å²) in [6, 6.07) is 0.220. The average molecular weight is 254 g/mol. The highest BCUT2D eigenvalue weighted by molar-refractivity contribution is 5.74. The molecule has 3 rings (SSSR count). The highest BCUT2D eigenvalue weighted by Gasteiger charge is 2.67. The monoisotopic (exact) mass is 254 g/mol. The van der Waals surface area contributed by atoms with Crippen LogP contribution in [0.1, 0.15) is 25.7 Å². The van der Waals surface area contributed by atoms with Crippen LogP contribution >= 0.6 is 0 Å². The van der Waals surface area contributed by atoms with E-state index in [0.29, 0.717) is 18.6 Å². The summed E-state index contributed by atoms with van der Waals surface area (Å²) < 4.78 is 5.82. The second kappa shape index (κ2) is 4.38. The van der Waals surface area contributed by atoms with E-state index in [2.05, 4.69) is 5.32 Å². The van der Waals surface area contributed by atoms with Gasteiger partial charge in [-0.25, -0.2) is 4.79 Å². The summed E-state index contributed by atoms with van der Waals surface area (Å²) in [5, 5.41) is 12.0. The number of likely N-dealkylation sites (N-methyl/N-ethyl adjacent to an activating group) is 1. The van der Waals surface area contributed by atoms with Crippen molar-refractivity contribution >= 4 is 6.03 Å². The first-order chi connectivity index (χ1) is 8.69. The number of hydrogen-bond donors (Lipinski definition) is 2. The van der Waals surface area contributed by atoms with Gasteiger partial charge >= 0.3 is 6.03 Å². The van der Waals surface area contributed by atoms with Crippen molar-refractivity contribution in [2.24, 2.45) is 11.3 Å². The molecule has 5 nitrogen and oxygen atoms in total. The van der Waals surface area contributed by atoms with Crippen molar-refractivity contribution in [3.8, 4) is 0 Å². The minimum absolute atomic E-state index is 0.00882. The SMILES string of the molecule is CN(CCO)C(=O)NC1C2CCOC2C12CCC2. The van der Waals surface area contributed by atoms with Gasteiger partial charge in [0, 0.05) is 37.6 Å². The van der Waals surface area contributed by atoms with Crippen LogP contribution in [0.15, 0.2) is 0 Å². The first-order valence-electron chi connectivity index (χ1n) is 6.93. The number of carbonyl (C=O) groups excluding carboxylic acids is 1. The van der Waals surface area contributed by atoms with Crippen molar-refractivity contribution in [1.82, 2.24) is 10.2 Å². The number of amides is 2. The number of nitrogens with one attached hydrogen (secondary N) is 1. The van der Waals surface area contributed by atoms with Crippen LogP contribution in [0.3, 0.4) is 0 Å². The maximum Gasteiger partial charge on any atom is 0.317 e. The Balaban J connectivity index is 1.63. The smallest absolute Gasteiger partial charge is 0.317 e. The van der Waals surface area contributed by atoms with Crippen LogP contribution < -0.4 is 5.32 Å². The van der Waals surface area contributed by atoms with Gasteiger partial charge in [-0.1, -0.05) is 6.42 Å². The van der Waals surface area contributed by atoms with E-state index in [1.54, 1.807) is 11.9 Å². The number of nitrogens with zero attached hydrogens (tertiary/aromatic N) is 1. The third-order valence-electron chi connectivity index (χ3n) is 5.10. The molecule has 0 bridgehead atoms. The van der Waals surface area contributed by atoms with Crippen molar-refractivity contribution in [2.75, 3.05) is 26.8 Å². The third kappa shape index (κ3) is 1.57. The number of aliphatic hydroxyl groups is 1. The van der Waals surface area contributed by atoms with E-state index < -0.39 is 0 Å². The molecule has 0 radical (unpaired) electrons. The standard InChI is InChI=1S/C13H22N2O3/c1-15(6-7-16)12(17)14-10-9-3-8-18-11(9)13(10)4-2-5-13/h9-11,16H,2-8H2,1H3,(H,14,17). The number of aliphatic hydroxyl groups excluding tert-OH is 1. The van der Waals surface area contributed by atoms with Gasteiger partial charge in [-0.15, -0.1) is 0 Å². The number of hydrogen-bond acceptors (Lipinski definition) is 3. The first kappa shape index (κ1) is 12.2. The minimum atomic E-state index is -0.0642. The molecule has 3 aliphatic rings. The molecule has 2 N–H and O–H groups in total. The maximum atomic E-state index is 12.0. The molecule has 2 aliphatic carbocycles. The van der Waals surface area contributed by atoms with E-state index in [1.165, 1.54) is 19.3 Å². The Bertz CT molecular complexity index is 343. The molecule has 2 saturated carbocycles. The molecule has 3 atom stereocenters. The highest BCUT2D eigenvalue weighted by Crippen LogP contribution is 2.62. The summed E-state index contributed by atoms with van der Waals surface area (Å²) in [4.78, 5) is 13.6. The summed E-state index contributed by atoms with van der Waals surface area (Å²) in [7, 11) is 1.72. The molecule has 0 aromatic heterocycles. The van der Waals surface area contributed by atoms with Crippen LogP contribution in [-0.2, 0) is 4.74 Å². The zero-order valence-electron chi connectivity index (χ0n) is 10.9.